The second-order valence-electron chi connectivity index (χ2n) is 6.44. The first kappa shape index (κ1) is 18.2. The summed E-state index contributed by atoms with van der Waals surface area (Å²) in [7, 11) is 4.14. The van der Waals surface area contributed by atoms with Gasteiger partial charge in [0.15, 0.2) is 0 Å². The quantitative estimate of drug-likeness (QED) is 0.743. The molecule has 0 aromatic carbocycles. The van der Waals surface area contributed by atoms with Crippen molar-refractivity contribution < 1.29 is 9.53 Å². The minimum Gasteiger partial charge on any atom is -0.444 e. The van der Waals surface area contributed by atoms with Crippen LogP contribution in [-0.2, 0) is 4.74 Å². The van der Waals surface area contributed by atoms with Gasteiger partial charge in [0.1, 0.15) is 5.60 Å². The lowest BCUT2D eigenvalue weighted by Gasteiger charge is -2.23. The van der Waals surface area contributed by atoms with Crippen molar-refractivity contribution in [2.75, 3.05) is 27.2 Å². The fraction of sp³-hybridized carbons (Fsp3) is 0.929. The molecular formula is C14H31N3O2. The van der Waals surface area contributed by atoms with Crippen molar-refractivity contribution >= 4 is 6.09 Å². The Balaban J connectivity index is 3.80. The van der Waals surface area contributed by atoms with Crippen LogP contribution in [0.1, 0.15) is 41.0 Å². The monoisotopic (exact) mass is 273 g/mol. The molecule has 2 atom stereocenters. The molecule has 0 radical (unpaired) electrons. The number of hydrogen-bond acceptors (Lipinski definition) is 4. The molecule has 2 unspecified atom stereocenters. The fourth-order valence-electron chi connectivity index (χ4n) is 1.63. The van der Waals surface area contributed by atoms with E-state index in [2.05, 4.69) is 43.5 Å². The van der Waals surface area contributed by atoms with E-state index in [1.165, 1.54) is 0 Å². The van der Waals surface area contributed by atoms with Crippen LogP contribution >= 0.6 is 0 Å². The number of carbonyl (C=O) groups excluding carboxylic acids is 1. The highest BCUT2D eigenvalue weighted by atomic mass is 16.6. The van der Waals surface area contributed by atoms with Crippen molar-refractivity contribution in [1.29, 1.82) is 0 Å². The van der Waals surface area contributed by atoms with Gasteiger partial charge in [-0.1, -0.05) is 0 Å². The molecule has 0 aromatic rings. The van der Waals surface area contributed by atoms with E-state index in [9.17, 15) is 4.79 Å². The van der Waals surface area contributed by atoms with Crippen molar-refractivity contribution in [3.05, 3.63) is 0 Å². The summed E-state index contributed by atoms with van der Waals surface area (Å²) in [5.41, 5.74) is -0.445. The van der Waals surface area contributed by atoms with Gasteiger partial charge in [-0.2, -0.15) is 0 Å². The van der Waals surface area contributed by atoms with Crippen molar-refractivity contribution in [2.45, 2.75) is 58.7 Å². The van der Waals surface area contributed by atoms with Crippen LogP contribution in [0.25, 0.3) is 0 Å². The van der Waals surface area contributed by atoms with Crippen LogP contribution < -0.4 is 10.6 Å². The Labute approximate surface area is 118 Å². The van der Waals surface area contributed by atoms with Gasteiger partial charge in [0.25, 0.3) is 0 Å². The number of nitrogens with one attached hydrogen (secondary N) is 2. The van der Waals surface area contributed by atoms with Crippen molar-refractivity contribution in [3.63, 3.8) is 0 Å². The number of alkyl carbamates (subject to hydrolysis) is 1. The Bertz CT molecular complexity index is 262. The van der Waals surface area contributed by atoms with Crippen molar-refractivity contribution in [2.24, 2.45) is 0 Å². The molecule has 0 heterocycles. The van der Waals surface area contributed by atoms with Gasteiger partial charge in [0, 0.05) is 18.6 Å². The summed E-state index contributed by atoms with van der Waals surface area (Å²) >= 11 is 0. The highest BCUT2D eigenvalue weighted by Gasteiger charge is 2.16. The summed E-state index contributed by atoms with van der Waals surface area (Å²) in [4.78, 5) is 13.7. The van der Waals surface area contributed by atoms with Crippen LogP contribution in [0.4, 0.5) is 4.79 Å². The summed E-state index contributed by atoms with van der Waals surface area (Å²) in [6, 6.07) is 0.655. The molecule has 0 fully saturated rings. The second-order valence-corrected chi connectivity index (χ2v) is 6.44. The maximum absolute atomic E-state index is 11.5. The molecule has 19 heavy (non-hydrogen) atoms. The zero-order chi connectivity index (χ0) is 15.1. The van der Waals surface area contributed by atoms with Gasteiger partial charge < -0.3 is 20.3 Å². The highest BCUT2D eigenvalue weighted by molar-refractivity contribution is 5.67. The predicted molar refractivity (Wildman–Crippen MR) is 79.5 cm³/mol. The number of hydrogen-bond donors (Lipinski definition) is 2. The van der Waals surface area contributed by atoms with Crippen LogP contribution in [0.2, 0.25) is 0 Å². The lowest BCUT2D eigenvalue weighted by atomic mass is 10.2. The average molecular weight is 273 g/mol. The van der Waals surface area contributed by atoms with Crippen molar-refractivity contribution in [1.82, 2.24) is 15.5 Å². The van der Waals surface area contributed by atoms with Gasteiger partial charge in [-0.05, 0) is 61.7 Å². The first-order valence-corrected chi connectivity index (χ1v) is 6.98. The molecule has 0 aliphatic rings. The third-order valence-corrected chi connectivity index (χ3v) is 2.53. The predicted octanol–water partition coefficient (Wildman–Crippen LogP) is 1.83. The zero-order valence-corrected chi connectivity index (χ0v) is 13.5. The highest BCUT2D eigenvalue weighted by Crippen LogP contribution is 2.06. The van der Waals surface area contributed by atoms with E-state index in [-0.39, 0.29) is 12.1 Å². The van der Waals surface area contributed by atoms with Crippen LogP contribution in [0.5, 0.6) is 0 Å². The normalized spacial score (nSPS) is 15.2. The molecular weight excluding hydrogens is 242 g/mol. The molecule has 0 saturated carbocycles. The minimum atomic E-state index is -0.445. The smallest absolute Gasteiger partial charge is 0.407 e. The summed E-state index contributed by atoms with van der Waals surface area (Å²) in [5, 5.41) is 6.23. The second kappa shape index (κ2) is 8.38. The molecule has 114 valence electrons. The number of rotatable bonds is 7. The molecule has 0 aliphatic carbocycles. The molecule has 0 bridgehead atoms. The van der Waals surface area contributed by atoms with E-state index in [1.54, 1.807) is 0 Å². The standard InChI is InChI=1S/C14H31N3O2/c1-11(8-9-17(6)7)16-12(2)10-15-13(18)19-14(3,4)5/h11-12,16H,8-10H2,1-7H3,(H,15,18). The van der Waals surface area contributed by atoms with Crippen LogP contribution in [0.15, 0.2) is 0 Å². The molecule has 1 amide bonds. The van der Waals surface area contributed by atoms with Gasteiger partial charge in [-0.25, -0.2) is 4.79 Å². The summed E-state index contributed by atoms with van der Waals surface area (Å²) in [5.74, 6) is 0. The third kappa shape index (κ3) is 12.0. The molecule has 5 heteroatoms. The van der Waals surface area contributed by atoms with Crippen LogP contribution in [0, 0.1) is 0 Å². The molecule has 0 aliphatic heterocycles. The molecule has 0 spiro atoms. The molecule has 0 aromatic heterocycles. The zero-order valence-electron chi connectivity index (χ0n) is 13.5. The van der Waals surface area contributed by atoms with Gasteiger partial charge in [0.05, 0.1) is 0 Å². The Morgan fingerprint density at radius 3 is 2.26 bits per heavy atom. The van der Waals surface area contributed by atoms with Gasteiger partial charge in [0.2, 0.25) is 0 Å². The third-order valence-electron chi connectivity index (χ3n) is 2.53. The summed E-state index contributed by atoms with van der Waals surface area (Å²) in [6.45, 7) is 11.4. The minimum absolute atomic E-state index is 0.227. The number of nitrogens with zero attached hydrogens (tertiary/aromatic N) is 1. The van der Waals surface area contributed by atoms with Gasteiger partial charge in [-0.3, -0.25) is 0 Å². The van der Waals surface area contributed by atoms with Gasteiger partial charge in [-0.15, -0.1) is 0 Å². The first-order chi connectivity index (χ1) is 8.60. The number of carbonyl (C=O) groups is 1. The van der Waals surface area contributed by atoms with E-state index in [0.717, 1.165) is 13.0 Å². The van der Waals surface area contributed by atoms with E-state index in [4.69, 9.17) is 4.74 Å². The lowest BCUT2D eigenvalue weighted by molar-refractivity contribution is 0.0522. The lowest BCUT2D eigenvalue weighted by Crippen LogP contribution is -2.44. The first-order valence-electron chi connectivity index (χ1n) is 6.98. The summed E-state index contributed by atoms with van der Waals surface area (Å²) in [6.07, 6.45) is 0.728. The fourth-order valence-corrected chi connectivity index (χ4v) is 1.63. The van der Waals surface area contributed by atoms with Crippen LogP contribution in [-0.4, -0.2) is 55.9 Å². The summed E-state index contributed by atoms with van der Waals surface area (Å²) < 4.78 is 5.19. The molecule has 5 nitrogen and oxygen atoms in total. The van der Waals surface area contributed by atoms with E-state index < -0.39 is 5.60 Å². The van der Waals surface area contributed by atoms with Gasteiger partial charge >= 0.3 is 6.09 Å². The SMILES string of the molecule is CC(CCN(C)C)NC(C)CNC(=O)OC(C)(C)C. The Kier molecular flexibility index (Phi) is 8.02. The maximum atomic E-state index is 11.5. The molecule has 0 rings (SSSR count). The Hall–Kier alpha value is -0.810. The number of ether oxygens (including phenoxy) is 1. The Morgan fingerprint density at radius 2 is 1.79 bits per heavy atom. The number of amides is 1. The molecule has 2 N–H and O–H groups in total. The Morgan fingerprint density at radius 1 is 1.21 bits per heavy atom. The van der Waals surface area contributed by atoms with Crippen LogP contribution in [0.3, 0.4) is 0 Å². The average Bonchev–Trinajstić information content (AvgIpc) is 2.21. The maximum Gasteiger partial charge on any atom is 0.407 e. The topological polar surface area (TPSA) is 53.6 Å². The molecule has 0 saturated heterocycles. The van der Waals surface area contributed by atoms with Crippen molar-refractivity contribution in [3.8, 4) is 0 Å². The van der Waals surface area contributed by atoms with E-state index in [1.807, 2.05) is 20.8 Å². The van der Waals surface area contributed by atoms with E-state index >= 15 is 0 Å². The largest absolute Gasteiger partial charge is 0.444 e. The van der Waals surface area contributed by atoms with E-state index in [0.29, 0.717) is 12.6 Å².